The molecule has 1 rings (SSSR count). The van der Waals surface area contributed by atoms with Crippen LogP contribution in [0.5, 0.6) is 0 Å². The molecule has 15 heavy (non-hydrogen) atoms. The van der Waals surface area contributed by atoms with Crippen LogP contribution < -0.4 is 0 Å². The van der Waals surface area contributed by atoms with Gasteiger partial charge in [-0.1, -0.05) is 11.3 Å². The van der Waals surface area contributed by atoms with Crippen molar-refractivity contribution in [2.45, 2.75) is 20.4 Å². The van der Waals surface area contributed by atoms with Gasteiger partial charge in [0.25, 0.3) is 0 Å². The van der Waals surface area contributed by atoms with Crippen molar-refractivity contribution in [1.82, 2.24) is 10.2 Å². The Morgan fingerprint density at radius 1 is 1.20 bits per heavy atom. The highest BCUT2D eigenvalue weighted by Gasteiger charge is 2.05. The minimum absolute atomic E-state index is 0. The summed E-state index contributed by atoms with van der Waals surface area (Å²) in [7, 11) is 0. The van der Waals surface area contributed by atoms with Crippen molar-refractivity contribution in [3.63, 3.8) is 0 Å². The average Bonchev–Trinajstić information content (AvgIpc) is 2.20. The lowest BCUT2D eigenvalue weighted by atomic mass is 10.3. The highest BCUT2D eigenvalue weighted by molar-refractivity contribution is 5.02. The molecular weight excluding hydrogens is 196 g/mol. The van der Waals surface area contributed by atoms with Gasteiger partial charge in [-0.25, -0.2) is 0 Å². The van der Waals surface area contributed by atoms with Crippen molar-refractivity contribution < 1.29 is 15.2 Å². The van der Waals surface area contributed by atoms with E-state index in [1.54, 1.807) is 6.20 Å². The van der Waals surface area contributed by atoms with E-state index >= 15 is 0 Å². The molecule has 1 heterocycles. The second-order valence-electron chi connectivity index (χ2n) is 2.65. The van der Waals surface area contributed by atoms with E-state index in [2.05, 4.69) is 4.98 Å². The quantitative estimate of drug-likeness (QED) is 0.661. The molecule has 0 unspecified atom stereocenters. The normalized spacial score (nSPS) is 10.1. The van der Waals surface area contributed by atoms with E-state index in [9.17, 15) is 0 Å². The first-order valence-electron chi connectivity index (χ1n) is 4.80. The van der Waals surface area contributed by atoms with Crippen LogP contribution in [0.25, 0.3) is 0 Å². The molecular formula is C10H18N2O3. The Bertz CT molecular complexity index is 238. The fourth-order valence-electron chi connectivity index (χ4n) is 1.04. The SMILES string of the molecule is CCON(Cc1ccccn1)OCC.O. The van der Waals surface area contributed by atoms with Gasteiger partial charge in [-0.3, -0.25) is 14.7 Å². The van der Waals surface area contributed by atoms with Gasteiger partial charge in [0.15, 0.2) is 0 Å². The Hall–Kier alpha value is -1.01. The predicted molar refractivity (Wildman–Crippen MR) is 56.6 cm³/mol. The van der Waals surface area contributed by atoms with E-state index in [1.807, 2.05) is 32.0 Å². The van der Waals surface area contributed by atoms with E-state index in [-0.39, 0.29) is 5.48 Å². The highest BCUT2D eigenvalue weighted by Crippen LogP contribution is 2.02. The van der Waals surface area contributed by atoms with Gasteiger partial charge < -0.3 is 5.48 Å². The Labute approximate surface area is 89.9 Å². The van der Waals surface area contributed by atoms with Crippen molar-refractivity contribution in [3.05, 3.63) is 30.1 Å². The van der Waals surface area contributed by atoms with Crippen LogP contribution in [-0.2, 0) is 16.2 Å². The van der Waals surface area contributed by atoms with Crippen LogP contribution in [0.2, 0.25) is 0 Å². The second-order valence-corrected chi connectivity index (χ2v) is 2.65. The lowest BCUT2D eigenvalue weighted by molar-refractivity contribution is -0.372. The minimum Gasteiger partial charge on any atom is -0.412 e. The molecule has 5 heteroatoms. The van der Waals surface area contributed by atoms with Crippen molar-refractivity contribution in [1.29, 1.82) is 0 Å². The van der Waals surface area contributed by atoms with E-state index < -0.39 is 0 Å². The number of rotatable bonds is 6. The molecule has 5 nitrogen and oxygen atoms in total. The number of hydrogen-bond donors (Lipinski definition) is 0. The number of pyridine rings is 1. The topological polar surface area (TPSA) is 66.1 Å². The van der Waals surface area contributed by atoms with Gasteiger partial charge in [0.1, 0.15) is 0 Å². The standard InChI is InChI=1S/C10H16N2O2.H2O/c1-3-13-12(14-4-2)9-10-7-5-6-8-11-10;/h5-8H,3-4,9H2,1-2H3;1H2. The highest BCUT2D eigenvalue weighted by atomic mass is 16.9. The van der Waals surface area contributed by atoms with Crippen LogP contribution in [0.15, 0.2) is 24.4 Å². The maximum Gasteiger partial charge on any atom is 0.0939 e. The van der Waals surface area contributed by atoms with Crippen LogP contribution >= 0.6 is 0 Å². The first kappa shape index (κ1) is 14.0. The van der Waals surface area contributed by atoms with E-state index in [4.69, 9.17) is 9.68 Å². The summed E-state index contributed by atoms with van der Waals surface area (Å²) in [4.78, 5) is 14.7. The largest absolute Gasteiger partial charge is 0.412 e. The molecule has 0 atom stereocenters. The summed E-state index contributed by atoms with van der Waals surface area (Å²) in [6, 6.07) is 5.76. The van der Waals surface area contributed by atoms with Crippen LogP contribution in [0.3, 0.4) is 0 Å². The maximum absolute atomic E-state index is 5.26. The lowest BCUT2D eigenvalue weighted by Crippen LogP contribution is -2.24. The third-order valence-corrected chi connectivity index (χ3v) is 1.56. The van der Waals surface area contributed by atoms with Crippen LogP contribution in [0, 0.1) is 0 Å². The van der Waals surface area contributed by atoms with Gasteiger partial charge in [-0.2, -0.15) is 0 Å². The van der Waals surface area contributed by atoms with Crippen molar-refractivity contribution >= 4 is 0 Å². The fraction of sp³-hybridized carbons (Fsp3) is 0.500. The maximum atomic E-state index is 5.26. The monoisotopic (exact) mass is 214 g/mol. The van der Waals surface area contributed by atoms with E-state index in [1.165, 1.54) is 5.23 Å². The van der Waals surface area contributed by atoms with Gasteiger partial charge in [-0.15, -0.1) is 0 Å². The summed E-state index contributed by atoms with van der Waals surface area (Å²) in [6.07, 6.45) is 1.76. The first-order valence-corrected chi connectivity index (χ1v) is 4.80. The van der Waals surface area contributed by atoms with Crippen molar-refractivity contribution in [2.24, 2.45) is 0 Å². The zero-order valence-corrected chi connectivity index (χ0v) is 9.14. The van der Waals surface area contributed by atoms with E-state index in [0.717, 1.165) is 5.69 Å². The molecule has 0 fully saturated rings. The van der Waals surface area contributed by atoms with Gasteiger partial charge in [0.2, 0.25) is 0 Å². The smallest absolute Gasteiger partial charge is 0.0939 e. The minimum atomic E-state index is 0. The summed E-state index contributed by atoms with van der Waals surface area (Å²) in [6.45, 7) is 5.57. The van der Waals surface area contributed by atoms with Gasteiger partial charge in [0.05, 0.1) is 25.5 Å². The van der Waals surface area contributed by atoms with E-state index in [0.29, 0.717) is 19.8 Å². The number of aromatic nitrogens is 1. The Kier molecular flexibility index (Phi) is 7.75. The van der Waals surface area contributed by atoms with Crippen LogP contribution in [0.4, 0.5) is 0 Å². The molecule has 1 aromatic heterocycles. The summed E-state index contributed by atoms with van der Waals surface area (Å²) < 4.78 is 0. The molecule has 0 aliphatic heterocycles. The summed E-state index contributed by atoms with van der Waals surface area (Å²) in [5.41, 5.74) is 0.925. The van der Waals surface area contributed by atoms with Gasteiger partial charge >= 0.3 is 0 Å². The zero-order chi connectivity index (χ0) is 10.2. The average molecular weight is 214 g/mol. The Morgan fingerprint density at radius 3 is 2.33 bits per heavy atom. The molecule has 0 spiro atoms. The molecule has 1 aromatic rings. The van der Waals surface area contributed by atoms with Gasteiger partial charge in [0, 0.05) is 6.20 Å². The molecule has 0 bridgehead atoms. The van der Waals surface area contributed by atoms with Crippen LogP contribution in [-0.4, -0.2) is 28.9 Å². The third-order valence-electron chi connectivity index (χ3n) is 1.56. The third kappa shape index (κ3) is 5.44. The second kappa shape index (κ2) is 8.31. The summed E-state index contributed by atoms with van der Waals surface area (Å²) >= 11 is 0. The van der Waals surface area contributed by atoms with Crippen molar-refractivity contribution in [3.8, 4) is 0 Å². The molecule has 0 aliphatic rings. The molecule has 0 saturated carbocycles. The molecule has 0 aromatic carbocycles. The first-order chi connectivity index (χ1) is 6.86. The Balaban J connectivity index is 0.00000196. The van der Waals surface area contributed by atoms with Gasteiger partial charge in [-0.05, 0) is 26.0 Å². The lowest BCUT2D eigenvalue weighted by Gasteiger charge is -2.18. The molecule has 0 amide bonds. The fourth-order valence-corrected chi connectivity index (χ4v) is 1.04. The molecule has 0 saturated heterocycles. The number of hydrogen-bond acceptors (Lipinski definition) is 4. The number of nitrogens with zero attached hydrogens (tertiary/aromatic N) is 2. The molecule has 86 valence electrons. The summed E-state index contributed by atoms with van der Waals surface area (Å²) in [5.74, 6) is 0. The predicted octanol–water partition coefficient (Wildman–Crippen LogP) is 0.962. The molecule has 0 aliphatic carbocycles. The summed E-state index contributed by atoms with van der Waals surface area (Å²) in [5, 5.41) is 1.46. The molecule has 0 radical (unpaired) electrons. The molecule has 2 N–H and O–H groups in total. The number of hydroxylamine groups is 2. The van der Waals surface area contributed by atoms with Crippen LogP contribution in [0.1, 0.15) is 19.5 Å². The van der Waals surface area contributed by atoms with Crippen molar-refractivity contribution in [2.75, 3.05) is 13.2 Å². The Morgan fingerprint density at radius 2 is 1.87 bits per heavy atom. The zero-order valence-electron chi connectivity index (χ0n) is 9.14.